The summed E-state index contributed by atoms with van der Waals surface area (Å²) in [6, 6.07) is 3.71. The van der Waals surface area contributed by atoms with Gasteiger partial charge in [-0.3, -0.25) is 0 Å². The standard InChI is InChI=1S/C25H27N3O3/c1-7-9-18(8-2)31-19-10-11-21(17(4)16(3)12-19)28-25-20-13-23(29-5)24(30-6)14-22(20)26-15-27-25/h7-11,13-15H,1-2,12H2,3-6H3,(H,26,27,28)/b18-9+. The number of anilines is 1. The van der Waals surface area contributed by atoms with Crippen molar-refractivity contribution in [3.8, 4) is 11.5 Å². The van der Waals surface area contributed by atoms with E-state index < -0.39 is 0 Å². The van der Waals surface area contributed by atoms with Crippen molar-refractivity contribution in [3.63, 3.8) is 0 Å². The first-order valence-corrected chi connectivity index (χ1v) is 9.85. The van der Waals surface area contributed by atoms with Crippen LogP contribution in [0.2, 0.25) is 0 Å². The molecule has 1 N–H and O–H groups in total. The number of nitrogens with one attached hydrogen (secondary N) is 1. The molecule has 0 fully saturated rings. The summed E-state index contributed by atoms with van der Waals surface area (Å²) in [6.07, 6.45) is 11.3. The molecule has 0 bridgehead atoms. The van der Waals surface area contributed by atoms with Crippen LogP contribution in [0.5, 0.6) is 11.5 Å². The summed E-state index contributed by atoms with van der Waals surface area (Å²) in [7, 11) is 3.21. The average molecular weight is 418 g/mol. The number of nitrogens with zero attached hydrogens (tertiary/aromatic N) is 2. The Morgan fingerprint density at radius 1 is 1.06 bits per heavy atom. The Morgan fingerprint density at radius 3 is 2.48 bits per heavy atom. The number of rotatable bonds is 8. The molecule has 6 heteroatoms. The monoisotopic (exact) mass is 417 g/mol. The van der Waals surface area contributed by atoms with Gasteiger partial charge in [0.1, 0.15) is 23.7 Å². The van der Waals surface area contributed by atoms with E-state index in [4.69, 9.17) is 14.2 Å². The van der Waals surface area contributed by atoms with Crippen LogP contribution in [-0.2, 0) is 4.74 Å². The number of methoxy groups -OCH3 is 2. The van der Waals surface area contributed by atoms with E-state index in [0.29, 0.717) is 29.5 Å². The van der Waals surface area contributed by atoms with Gasteiger partial charge in [-0.25, -0.2) is 9.97 Å². The number of fused-ring (bicyclic) bond motifs is 1. The molecule has 0 atom stereocenters. The van der Waals surface area contributed by atoms with Crippen molar-refractivity contribution in [2.24, 2.45) is 0 Å². The van der Waals surface area contributed by atoms with Crippen LogP contribution < -0.4 is 14.8 Å². The molecule has 1 aliphatic carbocycles. The lowest BCUT2D eigenvalue weighted by molar-refractivity contribution is 0.311. The maximum absolute atomic E-state index is 5.97. The molecule has 31 heavy (non-hydrogen) atoms. The topological polar surface area (TPSA) is 65.5 Å². The average Bonchev–Trinajstić information content (AvgIpc) is 2.91. The van der Waals surface area contributed by atoms with E-state index in [0.717, 1.165) is 27.9 Å². The van der Waals surface area contributed by atoms with Gasteiger partial charge in [-0.05, 0) is 49.8 Å². The van der Waals surface area contributed by atoms with Gasteiger partial charge in [0.2, 0.25) is 0 Å². The van der Waals surface area contributed by atoms with Crippen molar-refractivity contribution in [1.82, 2.24) is 9.97 Å². The van der Waals surface area contributed by atoms with Crippen molar-refractivity contribution < 1.29 is 14.2 Å². The van der Waals surface area contributed by atoms with Gasteiger partial charge in [-0.2, -0.15) is 0 Å². The van der Waals surface area contributed by atoms with Gasteiger partial charge in [-0.1, -0.05) is 24.8 Å². The highest BCUT2D eigenvalue weighted by atomic mass is 16.5. The summed E-state index contributed by atoms with van der Waals surface area (Å²) in [6.45, 7) is 11.7. The Hall–Kier alpha value is -3.80. The molecule has 2 aromatic rings. The third kappa shape index (κ3) is 4.86. The van der Waals surface area contributed by atoms with Crippen molar-refractivity contribution in [2.45, 2.75) is 20.3 Å². The third-order valence-electron chi connectivity index (χ3n) is 5.05. The number of benzene rings is 1. The second kappa shape index (κ2) is 9.80. The molecule has 1 heterocycles. The smallest absolute Gasteiger partial charge is 0.162 e. The Morgan fingerprint density at radius 2 is 1.81 bits per heavy atom. The summed E-state index contributed by atoms with van der Waals surface area (Å²) < 4.78 is 16.8. The third-order valence-corrected chi connectivity index (χ3v) is 5.05. The van der Waals surface area contributed by atoms with Gasteiger partial charge in [0.25, 0.3) is 0 Å². The van der Waals surface area contributed by atoms with E-state index in [1.807, 2.05) is 24.3 Å². The van der Waals surface area contributed by atoms with Crippen LogP contribution in [0.4, 0.5) is 5.82 Å². The molecule has 0 unspecified atom stereocenters. The minimum atomic E-state index is 0.618. The molecule has 6 nitrogen and oxygen atoms in total. The van der Waals surface area contributed by atoms with Gasteiger partial charge < -0.3 is 19.5 Å². The number of hydrogen-bond donors (Lipinski definition) is 1. The summed E-state index contributed by atoms with van der Waals surface area (Å²) in [5, 5.41) is 4.28. The molecule has 0 amide bonds. The van der Waals surface area contributed by atoms with Gasteiger partial charge in [0, 0.05) is 23.6 Å². The second-order valence-corrected chi connectivity index (χ2v) is 6.98. The normalized spacial score (nSPS) is 14.4. The second-order valence-electron chi connectivity index (χ2n) is 6.98. The molecule has 0 saturated heterocycles. The Bertz CT molecular complexity index is 1140. The molecule has 1 aromatic heterocycles. The maximum Gasteiger partial charge on any atom is 0.162 e. The summed E-state index contributed by atoms with van der Waals surface area (Å²) in [5.74, 6) is 3.39. The quantitative estimate of drug-likeness (QED) is 0.430. The Balaban J connectivity index is 1.99. The van der Waals surface area contributed by atoms with E-state index in [1.165, 1.54) is 11.9 Å². The molecule has 0 radical (unpaired) electrons. The summed E-state index contributed by atoms with van der Waals surface area (Å²) in [4.78, 5) is 8.83. The highest BCUT2D eigenvalue weighted by molar-refractivity contribution is 5.92. The zero-order chi connectivity index (χ0) is 22.4. The Kier molecular flexibility index (Phi) is 6.92. The van der Waals surface area contributed by atoms with Crippen molar-refractivity contribution in [3.05, 3.63) is 90.4 Å². The van der Waals surface area contributed by atoms with Crippen LogP contribution in [0.1, 0.15) is 20.3 Å². The zero-order valence-electron chi connectivity index (χ0n) is 18.4. The molecule has 0 spiro atoms. The van der Waals surface area contributed by atoms with E-state index >= 15 is 0 Å². The minimum absolute atomic E-state index is 0.618. The first-order valence-electron chi connectivity index (χ1n) is 9.85. The van der Waals surface area contributed by atoms with Gasteiger partial charge in [0.15, 0.2) is 11.5 Å². The molecule has 0 aliphatic heterocycles. The highest BCUT2D eigenvalue weighted by Crippen LogP contribution is 2.35. The number of hydrogen-bond acceptors (Lipinski definition) is 6. The number of ether oxygens (including phenoxy) is 3. The minimum Gasteiger partial charge on any atom is -0.493 e. The summed E-state index contributed by atoms with van der Waals surface area (Å²) >= 11 is 0. The molecule has 0 saturated carbocycles. The molecule has 3 rings (SSSR count). The van der Waals surface area contributed by atoms with Crippen LogP contribution in [0.3, 0.4) is 0 Å². The number of aromatic nitrogens is 2. The lowest BCUT2D eigenvalue weighted by Crippen LogP contribution is -2.05. The molecule has 160 valence electrons. The Labute approximate surface area is 183 Å². The lowest BCUT2D eigenvalue weighted by Gasteiger charge is -2.15. The van der Waals surface area contributed by atoms with Crippen molar-refractivity contribution in [2.75, 3.05) is 19.5 Å². The summed E-state index contributed by atoms with van der Waals surface area (Å²) in [5.41, 5.74) is 3.99. The van der Waals surface area contributed by atoms with Gasteiger partial charge >= 0.3 is 0 Å². The fourth-order valence-electron chi connectivity index (χ4n) is 3.21. The van der Waals surface area contributed by atoms with Gasteiger partial charge in [-0.15, -0.1) is 0 Å². The van der Waals surface area contributed by atoms with Crippen LogP contribution in [0.25, 0.3) is 10.9 Å². The number of allylic oxidation sites excluding steroid dienone is 7. The van der Waals surface area contributed by atoms with Crippen LogP contribution >= 0.6 is 0 Å². The van der Waals surface area contributed by atoms with Crippen molar-refractivity contribution in [1.29, 1.82) is 0 Å². The van der Waals surface area contributed by atoms with E-state index in [1.54, 1.807) is 32.4 Å². The first kappa shape index (κ1) is 21.9. The first-order chi connectivity index (χ1) is 15.0. The van der Waals surface area contributed by atoms with Crippen LogP contribution in [0, 0.1) is 0 Å². The predicted molar refractivity (Wildman–Crippen MR) is 125 cm³/mol. The van der Waals surface area contributed by atoms with E-state index in [2.05, 4.69) is 42.3 Å². The van der Waals surface area contributed by atoms with Gasteiger partial charge in [0.05, 0.1) is 19.7 Å². The molecule has 1 aliphatic rings. The fourth-order valence-corrected chi connectivity index (χ4v) is 3.21. The fraction of sp³-hybridized carbons (Fsp3) is 0.200. The SMILES string of the molecule is C=C/C=C(\C=C)OC1=CC=C(Nc2ncnc3cc(OC)c(OC)cc23)C(C)=C(C)C1. The van der Waals surface area contributed by atoms with E-state index in [-0.39, 0.29) is 0 Å². The highest BCUT2D eigenvalue weighted by Gasteiger charge is 2.15. The van der Waals surface area contributed by atoms with Crippen LogP contribution in [-0.4, -0.2) is 24.2 Å². The zero-order valence-corrected chi connectivity index (χ0v) is 18.4. The van der Waals surface area contributed by atoms with E-state index in [9.17, 15) is 0 Å². The molecule has 1 aromatic carbocycles. The lowest BCUT2D eigenvalue weighted by atomic mass is 10.1. The largest absolute Gasteiger partial charge is 0.493 e. The predicted octanol–water partition coefficient (Wildman–Crippen LogP) is 5.84. The molecular weight excluding hydrogens is 390 g/mol. The maximum atomic E-state index is 5.97. The molecular formula is C25H27N3O3. The van der Waals surface area contributed by atoms with Crippen molar-refractivity contribution >= 4 is 16.7 Å². The van der Waals surface area contributed by atoms with Crippen LogP contribution in [0.15, 0.2) is 90.4 Å².